The third kappa shape index (κ3) is 3.86. The van der Waals surface area contributed by atoms with Gasteiger partial charge in [-0.1, -0.05) is 30.2 Å². The van der Waals surface area contributed by atoms with Gasteiger partial charge in [0.05, 0.1) is 31.4 Å². The smallest absolute Gasteiger partial charge is 0.251 e. The van der Waals surface area contributed by atoms with E-state index in [1.54, 1.807) is 29.8 Å². The first-order valence-corrected chi connectivity index (χ1v) is 8.21. The number of pyridine rings is 1. The summed E-state index contributed by atoms with van der Waals surface area (Å²) in [7, 11) is 0. The highest BCUT2D eigenvalue weighted by Crippen LogP contribution is 2.16. The predicted octanol–water partition coefficient (Wildman–Crippen LogP) is 2.82. The first kappa shape index (κ1) is 17.9. The minimum absolute atomic E-state index is 0.103. The molecule has 6 heteroatoms. The van der Waals surface area contributed by atoms with Crippen molar-refractivity contribution in [1.29, 1.82) is 0 Å². The molecule has 27 heavy (non-hydrogen) atoms. The van der Waals surface area contributed by atoms with Gasteiger partial charge in [-0.2, -0.15) is 5.10 Å². The molecule has 132 valence electrons. The van der Waals surface area contributed by atoms with Crippen molar-refractivity contribution in [1.82, 2.24) is 14.3 Å². The molecule has 0 aliphatic rings. The number of Topliss-reactive ketones (excluding diaryl/α,β-unsaturated/α-hetero) is 1. The molecule has 0 N–H and O–H groups in total. The van der Waals surface area contributed by atoms with Crippen LogP contribution in [-0.2, 0) is 13.1 Å². The zero-order valence-electron chi connectivity index (χ0n) is 14.7. The van der Waals surface area contributed by atoms with Crippen molar-refractivity contribution < 1.29 is 4.79 Å². The zero-order chi connectivity index (χ0) is 19.4. The zero-order valence-corrected chi connectivity index (χ0v) is 14.7. The van der Waals surface area contributed by atoms with Gasteiger partial charge in [0.25, 0.3) is 5.56 Å². The Morgan fingerprint density at radius 3 is 2.89 bits per heavy atom. The molecule has 0 bridgehead atoms. The van der Waals surface area contributed by atoms with Gasteiger partial charge in [-0.3, -0.25) is 14.3 Å². The summed E-state index contributed by atoms with van der Waals surface area (Å²) in [5.41, 5.74) is 2.88. The number of carbonyl (C=O) groups is 1. The summed E-state index contributed by atoms with van der Waals surface area (Å²) in [4.78, 5) is 28.0. The summed E-state index contributed by atoms with van der Waals surface area (Å²) >= 11 is 0. The Hall–Kier alpha value is -3.90. The summed E-state index contributed by atoms with van der Waals surface area (Å²) in [6.07, 6.45) is 8.35. The van der Waals surface area contributed by atoms with Crippen molar-refractivity contribution in [3.05, 3.63) is 92.9 Å². The summed E-state index contributed by atoms with van der Waals surface area (Å²) < 4.78 is 3.00. The second-order valence-corrected chi connectivity index (χ2v) is 6.03. The summed E-state index contributed by atoms with van der Waals surface area (Å²) in [5, 5.41) is 4.28. The number of carbonyl (C=O) groups excluding carboxylic acids is 1. The molecule has 0 amide bonds. The van der Waals surface area contributed by atoms with Crippen LogP contribution < -0.4 is 5.56 Å². The Balaban J connectivity index is 1.82. The van der Waals surface area contributed by atoms with E-state index in [9.17, 15) is 9.59 Å². The van der Waals surface area contributed by atoms with Gasteiger partial charge in [-0.15, -0.1) is 6.42 Å². The molecule has 2 heterocycles. The molecule has 0 fully saturated rings. The van der Waals surface area contributed by atoms with Crippen LogP contribution in [0.25, 0.3) is 4.85 Å². The molecule has 6 nitrogen and oxygen atoms in total. The first-order valence-electron chi connectivity index (χ1n) is 8.21. The van der Waals surface area contributed by atoms with Gasteiger partial charge in [0.1, 0.15) is 0 Å². The van der Waals surface area contributed by atoms with Gasteiger partial charge in [-0.05, 0) is 18.6 Å². The third-order valence-electron chi connectivity index (χ3n) is 4.24. The monoisotopic (exact) mass is 356 g/mol. The topological polar surface area (TPSA) is 61.2 Å². The number of ketones is 1. The maximum Gasteiger partial charge on any atom is 0.251 e. The Labute approximate surface area is 156 Å². The molecular weight excluding hydrogens is 340 g/mol. The maximum atomic E-state index is 12.6. The van der Waals surface area contributed by atoms with E-state index in [1.807, 2.05) is 12.1 Å². The van der Waals surface area contributed by atoms with Gasteiger partial charge in [0.15, 0.2) is 11.5 Å². The molecule has 0 saturated heterocycles. The van der Waals surface area contributed by atoms with Crippen LogP contribution in [0.5, 0.6) is 0 Å². The molecule has 0 aliphatic heterocycles. The average molecular weight is 356 g/mol. The molecule has 0 saturated carbocycles. The van der Waals surface area contributed by atoms with Crippen molar-refractivity contribution in [2.75, 3.05) is 0 Å². The van der Waals surface area contributed by atoms with E-state index in [0.29, 0.717) is 29.1 Å². The fourth-order valence-corrected chi connectivity index (χ4v) is 2.76. The lowest BCUT2D eigenvalue weighted by Gasteiger charge is -2.07. The van der Waals surface area contributed by atoms with E-state index in [4.69, 9.17) is 13.0 Å². The quantitative estimate of drug-likeness (QED) is 0.401. The van der Waals surface area contributed by atoms with Crippen molar-refractivity contribution >= 4 is 11.5 Å². The number of nitrogens with zero attached hydrogens (tertiary/aromatic N) is 4. The maximum absolute atomic E-state index is 12.6. The lowest BCUT2D eigenvalue weighted by atomic mass is 10.1. The Morgan fingerprint density at radius 2 is 2.15 bits per heavy atom. The fourth-order valence-electron chi connectivity index (χ4n) is 2.76. The molecule has 1 aromatic carbocycles. The van der Waals surface area contributed by atoms with Crippen molar-refractivity contribution in [2.24, 2.45) is 0 Å². The van der Waals surface area contributed by atoms with Gasteiger partial charge < -0.3 is 4.57 Å². The largest absolute Gasteiger partial charge is 0.306 e. The van der Waals surface area contributed by atoms with Gasteiger partial charge in [0, 0.05) is 23.5 Å². The van der Waals surface area contributed by atoms with Crippen LogP contribution in [0.4, 0.5) is 5.69 Å². The fraction of sp³-hybridized carbons (Fsp3) is 0.143. The normalized spacial score (nSPS) is 10.2. The molecule has 0 aliphatic carbocycles. The minimum atomic E-state index is -0.289. The van der Waals surface area contributed by atoms with Crippen LogP contribution in [0.2, 0.25) is 0 Å². The van der Waals surface area contributed by atoms with E-state index in [2.05, 4.69) is 15.9 Å². The van der Waals surface area contributed by atoms with Crippen molar-refractivity contribution in [3.63, 3.8) is 0 Å². The van der Waals surface area contributed by atoms with Crippen LogP contribution >= 0.6 is 0 Å². The highest BCUT2D eigenvalue weighted by Gasteiger charge is 2.15. The molecule has 0 atom stereocenters. The molecule has 0 unspecified atom stereocenters. The van der Waals surface area contributed by atoms with Gasteiger partial charge in [0.2, 0.25) is 0 Å². The van der Waals surface area contributed by atoms with E-state index < -0.39 is 0 Å². The van der Waals surface area contributed by atoms with Crippen LogP contribution in [-0.4, -0.2) is 20.1 Å². The van der Waals surface area contributed by atoms with Crippen molar-refractivity contribution in [2.45, 2.75) is 20.0 Å². The summed E-state index contributed by atoms with van der Waals surface area (Å²) in [6.45, 7) is 9.25. The predicted molar refractivity (Wildman–Crippen MR) is 102 cm³/mol. The highest BCUT2D eigenvalue weighted by atomic mass is 16.1. The van der Waals surface area contributed by atoms with Crippen LogP contribution in [0.3, 0.4) is 0 Å². The number of aromatic nitrogens is 3. The number of terminal acetylenes is 1. The number of rotatable bonds is 5. The van der Waals surface area contributed by atoms with E-state index in [0.717, 1.165) is 5.56 Å². The Bertz CT molecular complexity index is 1160. The molecular formula is C21H16N4O2. The lowest BCUT2D eigenvalue weighted by Crippen LogP contribution is -2.23. The average Bonchev–Trinajstić information content (AvgIpc) is 3.04. The standard InChI is InChI=1S/C21H16N4O2/c1-4-16-8-9-21(27)24(12-16)14-20(26)19-11-23-25(15(19)2)13-17-6-5-7-18(10-17)22-3/h1,5-12H,13-14H2,2H3. The van der Waals surface area contributed by atoms with E-state index >= 15 is 0 Å². The third-order valence-corrected chi connectivity index (χ3v) is 4.24. The second-order valence-electron chi connectivity index (χ2n) is 6.03. The van der Waals surface area contributed by atoms with Crippen LogP contribution in [0.1, 0.15) is 27.2 Å². The molecule has 0 spiro atoms. The van der Waals surface area contributed by atoms with E-state index in [-0.39, 0.29) is 17.9 Å². The molecule has 0 radical (unpaired) electrons. The highest BCUT2D eigenvalue weighted by molar-refractivity contribution is 5.96. The van der Waals surface area contributed by atoms with E-state index in [1.165, 1.54) is 23.0 Å². The summed E-state index contributed by atoms with van der Waals surface area (Å²) in [5.74, 6) is 2.23. The van der Waals surface area contributed by atoms with Gasteiger partial charge >= 0.3 is 0 Å². The summed E-state index contributed by atoms with van der Waals surface area (Å²) in [6, 6.07) is 10.2. The number of hydrogen-bond donors (Lipinski definition) is 0. The minimum Gasteiger partial charge on any atom is -0.306 e. The lowest BCUT2D eigenvalue weighted by molar-refractivity contribution is 0.0970. The second kappa shape index (κ2) is 7.55. The molecule has 3 aromatic rings. The van der Waals surface area contributed by atoms with Gasteiger partial charge in [-0.25, -0.2) is 4.85 Å². The SMILES string of the molecule is [C-]#[N+]c1cccc(Cn2ncc(C(=O)Cn3cc(C#C)ccc3=O)c2C)c1. The first-order chi connectivity index (χ1) is 13.0. The Morgan fingerprint density at radius 1 is 1.33 bits per heavy atom. The molecule has 3 rings (SSSR count). The molecule has 2 aromatic heterocycles. The number of benzene rings is 1. The Kier molecular flexibility index (Phi) is 5.01. The van der Waals surface area contributed by atoms with Crippen LogP contribution in [0.15, 0.2) is 53.6 Å². The number of hydrogen-bond acceptors (Lipinski definition) is 3. The van der Waals surface area contributed by atoms with Crippen LogP contribution in [0, 0.1) is 25.8 Å². The van der Waals surface area contributed by atoms with Crippen molar-refractivity contribution in [3.8, 4) is 12.3 Å².